The fourth-order valence-corrected chi connectivity index (χ4v) is 3.48. The second-order valence-electron chi connectivity index (χ2n) is 6.16. The van der Waals surface area contributed by atoms with Crippen LogP contribution in [0.2, 0.25) is 0 Å². The zero-order valence-electron chi connectivity index (χ0n) is 14.8. The van der Waals surface area contributed by atoms with Gasteiger partial charge in [0.25, 0.3) is 0 Å². The Hall–Kier alpha value is -3.40. The molecule has 1 unspecified atom stereocenters. The summed E-state index contributed by atoms with van der Waals surface area (Å²) in [5.74, 6) is 2.31. The van der Waals surface area contributed by atoms with E-state index in [4.69, 9.17) is 6.42 Å². The van der Waals surface area contributed by atoms with Crippen molar-refractivity contribution in [2.24, 2.45) is 0 Å². The van der Waals surface area contributed by atoms with Gasteiger partial charge in [-0.25, -0.2) is 9.78 Å². The molecular weight excluding hydrogens is 378 g/mol. The first-order chi connectivity index (χ1) is 13.5. The minimum absolute atomic E-state index is 0.0603. The summed E-state index contributed by atoms with van der Waals surface area (Å²) in [6.45, 7) is 0.318. The van der Waals surface area contributed by atoms with E-state index < -0.39 is 18.7 Å². The number of aromatic nitrogens is 1. The van der Waals surface area contributed by atoms with E-state index in [9.17, 15) is 20.0 Å². The predicted octanol–water partition coefficient (Wildman–Crippen LogP) is 1.10. The van der Waals surface area contributed by atoms with Crippen molar-refractivity contribution in [3.63, 3.8) is 0 Å². The lowest BCUT2D eigenvalue weighted by Gasteiger charge is -2.41. The average molecular weight is 395 g/mol. The van der Waals surface area contributed by atoms with Gasteiger partial charge in [0.2, 0.25) is 5.91 Å². The number of nitrogens with zero attached hydrogens (tertiary/aromatic N) is 3. The van der Waals surface area contributed by atoms with Gasteiger partial charge in [0.15, 0.2) is 5.01 Å². The van der Waals surface area contributed by atoms with Crippen LogP contribution < -0.4 is 10.6 Å². The third kappa shape index (κ3) is 4.12. The Morgan fingerprint density at radius 1 is 1.43 bits per heavy atom. The Kier molecular flexibility index (Phi) is 5.90. The molecule has 0 saturated carbocycles. The van der Waals surface area contributed by atoms with Crippen molar-refractivity contribution in [1.82, 2.24) is 15.2 Å². The number of hydrogen-bond acceptors (Lipinski definition) is 6. The van der Waals surface area contributed by atoms with Gasteiger partial charge in [-0.3, -0.25) is 10.1 Å². The van der Waals surface area contributed by atoms with Gasteiger partial charge in [0, 0.05) is 24.4 Å². The maximum atomic E-state index is 12.5. The fourth-order valence-electron chi connectivity index (χ4n) is 2.92. The van der Waals surface area contributed by atoms with E-state index in [2.05, 4.69) is 27.6 Å². The van der Waals surface area contributed by atoms with E-state index >= 15 is 0 Å². The average Bonchev–Trinajstić information content (AvgIpc) is 3.12. The number of benzene rings is 1. The molecule has 0 radical (unpaired) electrons. The summed E-state index contributed by atoms with van der Waals surface area (Å²) >= 11 is 1.20. The van der Waals surface area contributed by atoms with Crippen molar-refractivity contribution >= 4 is 29.1 Å². The number of thiazole rings is 1. The van der Waals surface area contributed by atoms with Gasteiger partial charge >= 0.3 is 6.03 Å². The lowest BCUT2D eigenvalue weighted by atomic mass is 9.88. The number of aliphatic hydroxyl groups excluding tert-OH is 1. The minimum atomic E-state index is -1.07. The summed E-state index contributed by atoms with van der Waals surface area (Å²) in [6, 6.07) is 7.69. The molecule has 3 rings (SSSR count). The largest absolute Gasteiger partial charge is 0.394 e. The van der Waals surface area contributed by atoms with Crippen molar-refractivity contribution in [2.45, 2.75) is 12.0 Å². The third-order valence-electron chi connectivity index (χ3n) is 4.37. The summed E-state index contributed by atoms with van der Waals surface area (Å²) in [6.07, 6.45) is 5.23. The van der Waals surface area contributed by atoms with Crippen molar-refractivity contribution in [3.05, 3.63) is 45.8 Å². The molecule has 9 heteroatoms. The predicted molar refractivity (Wildman–Crippen MR) is 104 cm³/mol. The molecule has 0 aliphatic carbocycles. The number of terminal acetylenes is 1. The van der Waals surface area contributed by atoms with Crippen LogP contribution in [-0.4, -0.2) is 52.7 Å². The lowest BCUT2D eigenvalue weighted by molar-refractivity contribution is -0.138. The molecule has 1 atom stereocenters. The van der Waals surface area contributed by atoms with Crippen molar-refractivity contribution in [1.29, 1.82) is 5.26 Å². The Labute approximate surface area is 165 Å². The molecule has 1 fully saturated rings. The number of anilines is 1. The molecule has 0 bridgehead atoms. The summed E-state index contributed by atoms with van der Waals surface area (Å²) in [4.78, 5) is 30.1. The van der Waals surface area contributed by atoms with Gasteiger partial charge in [-0.2, -0.15) is 5.26 Å². The maximum Gasteiger partial charge on any atom is 0.321 e. The highest BCUT2D eigenvalue weighted by Crippen LogP contribution is 2.29. The van der Waals surface area contributed by atoms with Crippen LogP contribution in [0.25, 0.3) is 0 Å². The number of amides is 3. The SMILES string of the molecule is C#Cc1nc(NC(=O)NC(CO)C(=O)N2CC(c3ccccc3C#N)C2)cs1. The van der Waals surface area contributed by atoms with Gasteiger partial charge in [-0.1, -0.05) is 18.2 Å². The van der Waals surface area contributed by atoms with Gasteiger partial charge in [0.05, 0.1) is 18.2 Å². The van der Waals surface area contributed by atoms with Crippen LogP contribution in [0, 0.1) is 23.7 Å². The molecule has 0 spiro atoms. The molecule has 28 heavy (non-hydrogen) atoms. The molecule has 8 nitrogen and oxygen atoms in total. The fraction of sp³-hybridized carbons (Fsp3) is 0.263. The molecule has 1 aromatic carbocycles. The second-order valence-corrected chi connectivity index (χ2v) is 7.01. The number of rotatable bonds is 5. The summed E-state index contributed by atoms with van der Waals surface area (Å²) in [7, 11) is 0. The Balaban J connectivity index is 1.55. The zero-order chi connectivity index (χ0) is 20.1. The van der Waals surface area contributed by atoms with E-state index in [1.165, 1.54) is 11.3 Å². The molecule has 2 aromatic rings. The van der Waals surface area contributed by atoms with Crippen LogP contribution in [0.5, 0.6) is 0 Å². The number of carbonyl (C=O) groups is 2. The monoisotopic (exact) mass is 395 g/mol. The zero-order valence-corrected chi connectivity index (χ0v) is 15.6. The van der Waals surface area contributed by atoms with Gasteiger partial charge in [0.1, 0.15) is 11.9 Å². The molecule has 3 N–H and O–H groups in total. The van der Waals surface area contributed by atoms with Gasteiger partial charge in [-0.05, 0) is 17.6 Å². The van der Waals surface area contributed by atoms with Gasteiger partial charge in [-0.15, -0.1) is 17.8 Å². The molecular formula is C19H17N5O3S. The Morgan fingerprint density at radius 3 is 2.82 bits per heavy atom. The van der Waals surface area contributed by atoms with Crippen molar-refractivity contribution in [2.75, 3.05) is 25.0 Å². The molecule has 1 aliphatic rings. The van der Waals surface area contributed by atoms with E-state index in [0.29, 0.717) is 23.7 Å². The Morgan fingerprint density at radius 2 is 2.18 bits per heavy atom. The molecule has 3 amide bonds. The number of nitrogens with one attached hydrogen (secondary N) is 2. The van der Waals surface area contributed by atoms with Crippen LogP contribution in [0.3, 0.4) is 0 Å². The first kappa shape index (κ1) is 19.4. The van der Waals surface area contributed by atoms with Crippen LogP contribution in [0.15, 0.2) is 29.6 Å². The number of likely N-dealkylation sites (tertiary alicyclic amines) is 1. The van der Waals surface area contributed by atoms with E-state index in [1.54, 1.807) is 22.4 Å². The minimum Gasteiger partial charge on any atom is -0.394 e. The molecule has 1 aliphatic heterocycles. The number of nitriles is 1. The van der Waals surface area contributed by atoms with Crippen molar-refractivity contribution < 1.29 is 14.7 Å². The highest BCUT2D eigenvalue weighted by molar-refractivity contribution is 7.10. The summed E-state index contributed by atoms with van der Waals surface area (Å²) in [5, 5.41) is 25.6. The quantitative estimate of drug-likeness (QED) is 0.655. The summed E-state index contributed by atoms with van der Waals surface area (Å²) in [5.41, 5.74) is 1.48. The first-order valence-electron chi connectivity index (χ1n) is 8.44. The highest BCUT2D eigenvalue weighted by Gasteiger charge is 2.36. The molecule has 1 saturated heterocycles. The lowest BCUT2D eigenvalue weighted by Crippen LogP contribution is -2.57. The normalized spacial score (nSPS) is 14.3. The molecule has 142 valence electrons. The molecule has 1 aromatic heterocycles. The van der Waals surface area contributed by atoms with Crippen LogP contribution >= 0.6 is 11.3 Å². The first-order valence-corrected chi connectivity index (χ1v) is 9.32. The third-order valence-corrected chi connectivity index (χ3v) is 5.14. The maximum absolute atomic E-state index is 12.5. The standard InChI is InChI=1S/C19H17N5O3S/c1-2-17-22-16(11-28-17)23-19(27)21-15(10-25)18(26)24-8-13(9-24)14-6-4-3-5-12(14)7-20/h1,3-6,11,13,15,25H,8-10H2,(H2,21,23,27). The van der Waals surface area contributed by atoms with Crippen LogP contribution in [-0.2, 0) is 4.79 Å². The van der Waals surface area contributed by atoms with E-state index in [-0.39, 0.29) is 17.6 Å². The number of aliphatic hydroxyl groups is 1. The summed E-state index contributed by atoms with van der Waals surface area (Å²) < 4.78 is 0. The van der Waals surface area contributed by atoms with Crippen molar-refractivity contribution in [3.8, 4) is 18.4 Å². The smallest absolute Gasteiger partial charge is 0.321 e. The molecule has 2 heterocycles. The van der Waals surface area contributed by atoms with E-state index in [1.807, 2.05) is 12.1 Å². The second kappa shape index (κ2) is 8.53. The number of urea groups is 1. The topological polar surface area (TPSA) is 118 Å². The van der Waals surface area contributed by atoms with Crippen LogP contribution in [0.4, 0.5) is 10.6 Å². The number of hydrogen-bond donors (Lipinski definition) is 3. The number of carbonyl (C=O) groups excluding carboxylic acids is 2. The van der Waals surface area contributed by atoms with Gasteiger partial charge < -0.3 is 15.3 Å². The Bertz CT molecular complexity index is 968. The highest BCUT2D eigenvalue weighted by atomic mass is 32.1. The van der Waals surface area contributed by atoms with Crippen LogP contribution in [0.1, 0.15) is 22.1 Å². The van der Waals surface area contributed by atoms with E-state index in [0.717, 1.165) is 5.56 Å².